The van der Waals surface area contributed by atoms with Crippen molar-refractivity contribution in [1.82, 2.24) is 15.6 Å². The Morgan fingerprint density at radius 1 is 1.27 bits per heavy atom. The molecular weight excluding hydrogens is 298 g/mol. The molecule has 1 aromatic carbocycles. The van der Waals surface area contributed by atoms with Gasteiger partial charge in [0.2, 0.25) is 5.91 Å². The topological polar surface area (TPSA) is 63.2 Å². The minimum absolute atomic E-state index is 0.106. The number of ether oxygens (including phenoxy) is 1. The molecule has 22 heavy (non-hydrogen) atoms. The number of nitrogens with zero attached hydrogens (tertiary/aromatic N) is 1. The first-order valence-electron chi connectivity index (χ1n) is 7.60. The summed E-state index contributed by atoms with van der Waals surface area (Å²) in [5, 5.41) is 7.21. The summed E-state index contributed by atoms with van der Waals surface area (Å²) in [4.78, 5) is 16.3. The van der Waals surface area contributed by atoms with Crippen molar-refractivity contribution in [2.45, 2.75) is 19.3 Å². The van der Waals surface area contributed by atoms with E-state index in [4.69, 9.17) is 4.74 Å². The van der Waals surface area contributed by atoms with Crippen molar-refractivity contribution < 1.29 is 9.53 Å². The van der Waals surface area contributed by atoms with Crippen LogP contribution in [-0.4, -0.2) is 44.2 Å². The molecule has 0 radical (unpaired) electrons. The summed E-state index contributed by atoms with van der Waals surface area (Å²) in [5.41, 5.74) is 1.05. The van der Waals surface area contributed by atoms with Gasteiger partial charge in [-0.1, -0.05) is 12.1 Å². The molecule has 0 aliphatic rings. The minimum atomic E-state index is 0.106. The summed E-state index contributed by atoms with van der Waals surface area (Å²) in [6.07, 6.45) is 2.25. The molecule has 5 nitrogen and oxygen atoms in total. The standard InChI is InChI=1S/C16H23N3O2S/c1-21-12-11-17-9-10-18-15(20)7-4-8-16-19-13-5-2-3-6-14(13)22-16/h2-3,5-6,17H,4,7-12H2,1H3,(H,18,20). The van der Waals surface area contributed by atoms with E-state index in [1.54, 1.807) is 18.4 Å². The lowest BCUT2D eigenvalue weighted by atomic mass is 10.2. The molecule has 0 bridgehead atoms. The fraction of sp³-hybridized carbons (Fsp3) is 0.500. The fourth-order valence-electron chi connectivity index (χ4n) is 2.10. The number of amides is 1. The number of carbonyl (C=O) groups excluding carboxylic acids is 1. The first kappa shape index (κ1) is 16.9. The van der Waals surface area contributed by atoms with E-state index in [1.807, 2.05) is 18.2 Å². The van der Waals surface area contributed by atoms with Gasteiger partial charge in [0.1, 0.15) is 0 Å². The Balaban J connectivity index is 1.58. The molecule has 0 aliphatic heterocycles. The molecule has 1 heterocycles. The minimum Gasteiger partial charge on any atom is -0.383 e. The van der Waals surface area contributed by atoms with Gasteiger partial charge >= 0.3 is 0 Å². The average Bonchev–Trinajstić information content (AvgIpc) is 2.93. The van der Waals surface area contributed by atoms with Crippen LogP contribution in [0.15, 0.2) is 24.3 Å². The van der Waals surface area contributed by atoms with Crippen LogP contribution in [0.5, 0.6) is 0 Å². The molecule has 1 amide bonds. The molecule has 0 fully saturated rings. The number of carbonyl (C=O) groups is 1. The normalized spacial score (nSPS) is 11.0. The molecule has 1 aromatic heterocycles. The second kappa shape index (κ2) is 9.50. The van der Waals surface area contributed by atoms with E-state index in [1.165, 1.54) is 4.70 Å². The Kier molecular flexibility index (Phi) is 7.28. The summed E-state index contributed by atoms with van der Waals surface area (Å²) in [7, 11) is 1.68. The fourth-order valence-corrected chi connectivity index (χ4v) is 3.11. The van der Waals surface area contributed by atoms with E-state index in [-0.39, 0.29) is 5.91 Å². The molecule has 120 valence electrons. The third-order valence-corrected chi connectivity index (χ3v) is 4.34. The van der Waals surface area contributed by atoms with E-state index in [0.717, 1.165) is 36.5 Å². The maximum atomic E-state index is 11.7. The van der Waals surface area contributed by atoms with Crippen molar-refractivity contribution in [2.24, 2.45) is 0 Å². The second-order valence-electron chi connectivity index (χ2n) is 5.02. The van der Waals surface area contributed by atoms with Gasteiger partial charge in [-0.3, -0.25) is 4.79 Å². The SMILES string of the molecule is COCCNCCNC(=O)CCCc1nc2ccccc2s1. The Morgan fingerprint density at radius 2 is 2.14 bits per heavy atom. The average molecular weight is 321 g/mol. The van der Waals surface area contributed by atoms with Crippen LogP contribution < -0.4 is 10.6 Å². The molecular formula is C16H23N3O2S. The van der Waals surface area contributed by atoms with Gasteiger partial charge in [-0.25, -0.2) is 4.98 Å². The lowest BCUT2D eigenvalue weighted by Crippen LogP contribution is -2.32. The van der Waals surface area contributed by atoms with Gasteiger partial charge in [0, 0.05) is 33.2 Å². The number of rotatable bonds is 10. The summed E-state index contributed by atoms with van der Waals surface area (Å²) < 4.78 is 6.14. The maximum absolute atomic E-state index is 11.7. The third kappa shape index (κ3) is 5.71. The number of hydrogen-bond donors (Lipinski definition) is 2. The first-order valence-corrected chi connectivity index (χ1v) is 8.42. The molecule has 0 spiro atoms. The van der Waals surface area contributed by atoms with Crippen LogP contribution in [0.3, 0.4) is 0 Å². The number of aryl methyl sites for hydroxylation is 1. The number of thiazole rings is 1. The van der Waals surface area contributed by atoms with Crippen molar-refractivity contribution in [3.63, 3.8) is 0 Å². The van der Waals surface area contributed by atoms with E-state index in [0.29, 0.717) is 19.6 Å². The highest BCUT2D eigenvalue weighted by Crippen LogP contribution is 2.22. The van der Waals surface area contributed by atoms with E-state index >= 15 is 0 Å². The number of para-hydroxylation sites is 1. The molecule has 0 unspecified atom stereocenters. The third-order valence-electron chi connectivity index (χ3n) is 3.24. The van der Waals surface area contributed by atoms with Crippen LogP contribution in [0.1, 0.15) is 17.8 Å². The van der Waals surface area contributed by atoms with Crippen molar-refractivity contribution in [3.05, 3.63) is 29.3 Å². The zero-order valence-corrected chi connectivity index (χ0v) is 13.7. The van der Waals surface area contributed by atoms with E-state index in [9.17, 15) is 4.79 Å². The van der Waals surface area contributed by atoms with Gasteiger partial charge in [0.15, 0.2) is 0 Å². The summed E-state index contributed by atoms with van der Waals surface area (Å²) in [6.45, 7) is 2.93. The number of hydrogen-bond acceptors (Lipinski definition) is 5. The zero-order chi connectivity index (χ0) is 15.6. The molecule has 2 N–H and O–H groups in total. The largest absolute Gasteiger partial charge is 0.383 e. The van der Waals surface area contributed by atoms with Crippen LogP contribution in [0.4, 0.5) is 0 Å². The Hall–Kier alpha value is -1.50. The lowest BCUT2D eigenvalue weighted by Gasteiger charge is -2.06. The first-order chi connectivity index (χ1) is 10.8. The predicted molar refractivity (Wildman–Crippen MR) is 90.3 cm³/mol. The highest BCUT2D eigenvalue weighted by atomic mass is 32.1. The number of fused-ring (bicyclic) bond motifs is 1. The zero-order valence-electron chi connectivity index (χ0n) is 12.9. The Bertz CT molecular complexity index is 553. The van der Waals surface area contributed by atoms with Crippen molar-refractivity contribution in [1.29, 1.82) is 0 Å². The van der Waals surface area contributed by atoms with Crippen molar-refractivity contribution in [3.8, 4) is 0 Å². The summed E-state index contributed by atoms with van der Waals surface area (Å²) >= 11 is 1.71. The number of benzene rings is 1. The second-order valence-corrected chi connectivity index (χ2v) is 6.14. The highest BCUT2D eigenvalue weighted by Gasteiger charge is 2.05. The molecule has 0 aliphatic carbocycles. The monoisotopic (exact) mass is 321 g/mol. The van der Waals surface area contributed by atoms with Gasteiger partial charge in [-0.05, 0) is 25.0 Å². The van der Waals surface area contributed by atoms with Gasteiger partial charge < -0.3 is 15.4 Å². The molecule has 0 saturated heterocycles. The Morgan fingerprint density at radius 3 is 2.95 bits per heavy atom. The van der Waals surface area contributed by atoms with E-state index < -0.39 is 0 Å². The molecule has 2 aromatic rings. The molecule has 6 heteroatoms. The predicted octanol–water partition coefficient (Wildman–Crippen LogP) is 1.97. The van der Waals surface area contributed by atoms with Crippen LogP contribution in [0.2, 0.25) is 0 Å². The van der Waals surface area contributed by atoms with Crippen LogP contribution in [0.25, 0.3) is 10.2 Å². The molecule has 2 rings (SSSR count). The molecule has 0 atom stereocenters. The van der Waals surface area contributed by atoms with E-state index in [2.05, 4.69) is 21.7 Å². The van der Waals surface area contributed by atoms with Crippen LogP contribution in [0, 0.1) is 0 Å². The van der Waals surface area contributed by atoms with Gasteiger partial charge in [0.05, 0.1) is 21.8 Å². The van der Waals surface area contributed by atoms with Crippen LogP contribution in [-0.2, 0) is 16.0 Å². The van der Waals surface area contributed by atoms with Crippen molar-refractivity contribution >= 4 is 27.5 Å². The highest BCUT2D eigenvalue weighted by molar-refractivity contribution is 7.18. The summed E-state index contributed by atoms with van der Waals surface area (Å²) in [6, 6.07) is 8.14. The maximum Gasteiger partial charge on any atom is 0.220 e. The summed E-state index contributed by atoms with van der Waals surface area (Å²) in [5.74, 6) is 0.106. The number of nitrogens with one attached hydrogen (secondary N) is 2. The number of aromatic nitrogens is 1. The Labute approximate surface area is 135 Å². The van der Waals surface area contributed by atoms with Gasteiger partial charge in [-0.15, -0.1) is 11.3 Å². The number of methoxy groups -OCH3 is 1. The van der Waals surface area contributed by atoms with Gasteiger partial charge in [0.25, 0.3) is 0 Å². The molecule has 0 saturated carbocycles. The van der Waals surface area contributed by atoms with Crippen molar-refractivity contribution in [2.75, 3.05) is 33.4 Å². The lowest BCUT2D eigenvalue weighted by molar-refractivity contribution is -0.121. The van der Waals surface area contributed by atoms with Crippen LogP contribution >= 0.6 is 11.3 Å². The smallest absolute Gasteiger partial charge is 0.220 e. The van der Waals surface area contributed by atoms with Gasteiger partial charge in [-0.2, -0.15) is 0 Å². The quantitative estimate of drug-likeness (QED) is 0.657.